The molecule has 0 N–H and O–H groups in total. The van der Waals surface area contributed by atoms with Gasteiger partial charge in [-0.3, -0.25) is 4.79 Å². The smallest absolute Gasteiger partial charge is 0.289 e. The molecule has 1 aromatic heterocycles. The van der Waals surface area contributed by atoms with E-state index in [0.717, 1.165) is 50.2 Å². The number of ether oxygens (including phenoxy) is 1. The Hall–Kier alpha value is -4.08. The third-order valence-electron chi connectivity index (χ3n) is 6.44. The molecular formula is C31H25BrN2O3. The Morgan fingerprint density at radius 3 is 2.54 bits per heavy atom. The van der Waals surface area contributed by atoms with E-state index in [1.165, 1.54) is 5.56 Å². The van der Waals surface area contributed by atoms with Crippen molar-refractivity contribution in [3.05, 3.63) is 112 Å². The summed E-state index contributed by atoms with van der Waals surface area (Å²) in [7, 11) is 1.80. The second-order valence-corrected chi connectivity index (χ2v) is 9.73. The molecule has 0 radical (unpaired) electrons. The van der Waals surface area contributed by atoms with Crippen molar-refractivity contribution in [1.82, 2.24) is 4.90 Å². The molecule has 0 aliphatic rings. The number of nitrogens with zero attached hydrogens (tertiary/aromatic N) is 2. The number of para-hydroxylation sites is 1. The van der Waals surface area contributed by atoms with Gasteiger partial charge in [-0.15, -0.1) is 0 Å². The molecule has 0 atom stereocenters. The molecule has 184 valence electrons. The van der Waals surface area contributed by atoms with Crippen LogP contribution in [0.4, 0.5) is 0 Å². The maximum Gasteiger partial charge on any atom is 0.289 e. The number of hydrogen-bond donors (Lipinski definition) is 0. The van der Waals surface area contributed by atoms with Crippen LogP contribution in [-0.4, -0.2) is 24.5 Å². The Morgan fingerprint density at radius 1 is 0.946 bits per heavy atom. The van der Waals surface area contributed by atoms with E-state index < -0.39 is 0 Å². The molecule has 0 saturated heterocycles. The molecule has 0 spiro atoms. The Morgan fingerprint density at radius 2 is 1.73 bits per heavy atom. The summed E-state index contributed by atoms with van der Waals surface area (Å²) >= 11 is 3.59. The summed E-state index contributed by atoms with van der Waals surface area (Å²) < 4.78 is 12.4. The van der Waals surface area contributed by atoms with Crippen LogP contribution in [0.3, 0.4) is 0 Å². The first-order chi connectivity index (χ1) is 18.0. The van der Waals surface area contributed by atoms with Crippen LogP contribution >= 0.6 is 15.9 Å². The van der Waals surface area contributed by atoms with Gasteiger partial charge in [0.05, 0.1) is 4.47 Å². The van der Waals surface area contributed by atoms with Gasteiger partial charge in [-0.1, -0.05) is 66.7 Å². The molecule has 0 saturated carbocycles. The van der Waals surface area contributed by atoms with Crippen molar-refractivity contribution in [3.63, 3.8) is 0 Å². The van der Waals surface area contributed by atoms with Gasteiger partial charge in [0.15, 0.2) is 12.4 Å². The second kappa shape index (κ2) is 10.9. The SMILES string of the molecule is CN(Cc1ccc2c(Br)c(OCC#N)ccc2c1)C(=O)c1oc2ccccc2c1CCc1ccccc1. The minimum absolute atomic E-state index is 0.00970. The van der Waals surface area contributed by atoms with Crippen LogP contribution in [0.2, 0.25) is 0 Å². The number of furan rings is 1. The van der Waals surface area contributed by atoms with E-state index in [1.54, 1.807) is 11.9 Å². The highest BCUT2D eigenvalue weighted by molar-refractivity contribution is 9.10. The molecule has 5 rings (SSSR count). The van der Waals surface area contributed by atoms with Gasteiger partial charge in [-0.25, -0.2) is 0 Å². The topological polar surface area (TPSA) is 66.5 Å². The number of fused-ring (bicyclic) bond motifs is 2. The van der Waals surface area contributed by atoms with Crippen molar-refractivity contribution < 1.29 is 13.9 Å². The van der Waals surface area contributed by atoms with Gasteiger partial charge in [-0.05, 0) is 68.9 Å². The lowest BCUT2D eigenvalue weighted by atomic mass is 10.0. The van der Waals surface area contributed by atoms with Crippen LogP contribution in [0.1, 0.15) is 27.2 Å². The van der Waals surface area contributed by atoms with Gasteiger partial charge in [0.2, 0.25) is 0 Å². The minimum Gasteiger partial charge on any atom is -0.478 e. The summed E-state index contributed by atoms with van der Waals surface area (Å²) in [6.07, 6.45) is 1.55. The number of aryl methyl sites for hydroxylation is 2. The zero-order chi connectivity index (χ0) is 25.8. The van der Waals surface area contributed by atoms with Crippen LogP contribution in [-0.2, 0) is 19.4 Å². The summed E-state index contributed by atoms with van der Waals surface area (Å²) in [4.78, 5) is 15.3. The average Bonchev–Trinajstić information content (AvgIpc) is 3.30. The van der Waals surface area contributed by atoms with Crippen LogP contribution in [0.25, 0.3) is 21.7 Å². The number of carbonyl (C=O) groups excluding carboxylic acids is 1. The van der Waals surface area contributed by atoms with Crippen LogP contribution in [0.5, 0.6) is 5.75 Å². The van der Waals surface area contributed by atoms with Crippen molar-refractivity contribution in [3.8, 4) is 11.8 Å². The summed E-state index contributed by atoms with van der Waals surface area (Å²) in [5.74, 6) is 0.894. The molecule has 1 amide bonds. The molecule has 6 heteroatoms. The maximum atomic E-state index is 13.6. The van der Waals surface area contributed by atoms with Crippen molar-refractivity contribution in [2.75, 3.05) is 13.7 Å². The lowest BCUT2D eigenvalue weighted by molar-refractivity contribution is 0.0754. The monoisotopic (exact) mass is 552 g/mol. The molecule has 1 heterocycles. The van der Waals surface area contributed by atoms with Crippen LogP contribution in [0, 0.1) is 11.3 Å². The summed E-state index contributed by atoms with van der Waals surface area (Å²) in [5.41, 5.74) is 3.90. The number of nitriles is 1. The van der Waals surface area contributed by atoms with Crippen molar-refractivity contribution >= 4 is 43.6 Å². The molecule has 0 unspecified atom stereocenters. The number of hydrogen-bond acceptors (Lipinski definition) is 4. The highest BCUT2D eigenvalue weighted by Gasteiger charge is 2.23. The first-order valence-corrected chi connectivity index (χ1v) is 12.8. The Kier molecular flexibility index (Phi) is 7.25. The minimum atomic E-state index is -0.138. The zero-order valence-corrected chi connectivity index (χ0v) is 22.0. The molecule has 0 fully saturated rings. The summed E-state index contributed by atoms with van der Waals surface area (Å²) in [6, 6.07) is 30.0. The van der Waals surface area contributed by atoms with E-state index >= 15 is 0 Å². The molecular weight excluding hydrogens is 528 g/mol. The van der Waals surface area contributed by atoms with Gasteiger partial charge in [0.25, 0.3) is 5.91 Å². The van der Waals surface area contributed by atoms with Crippen molar-refractivity contribution in [2.45, 2.75) is 19.4 Å². The number of carbonyl (C=O) groups is 1. The predicted molar refractivity (Wildman–Crippen MR) is 149 cm³/mol. The van der Waals surface area contributed by atoms with E-state index in [9.17, 15) is 4.79 Å². The quantitative estimate of drug-likeness (QED) is 0.202. The fraction of sp³-hybridized carbons (Fsp3) is 0.161. The molecule has 5 nitrogen and oxygen atoms in total. The van der Waals surface area contributed by atoms with Gasteiger partial charge >= 0.3 is 0 Å². The third kappa shape index (κ3) is 5.23. The van der Waals surface area contributed by atoms with Crippen LogP contribution < -0.4 is 4.74 Å². The lowest BCUT2D eigenvalue weighted by Crippen LogP contribution is -2.26. The Balaban J connectivity index is 1.39. The van der Waals surface area contributed by atoms with Gasteiger partial charge in [0.1, 0.15) is 17.4 Å². The first kappa shape index (κ1) is 24.6. The fourth-order valence-electron chi connectivity index (χ4n) is 4.59. The van der Waals surface area contributed by atoms with E-state index in [1.807, 2.05) is 72.8 Å². The Labute approximate surface area is 224 Å². The predicted octanol–water partition coefficient (Wildman–Crippen LogP) is 7.31. The van der Waals surface area contributed by atoms with Crippen molar-refractivity contribution in [2.24, 2.45) is 0 Å². The van der Waals surface area contributed by atoms with Gasteiger partial charge in [-0.2, -0.15) is 5.26 Å². The first-order valence-electron chi connectivity index (χ1n) is 12.1. The average molecular weight is 553 g/mol. The molecule has 0 aliphatic heterocycles. The normalized spacial score (nSPS) is 10.9. The summed E-state index contributed by atoms with van der Waals surface area (Å²) in [6.45, 7) is 0.429. The van der Waals surface area contributed by atoms with Gasteiger partial charge < -0.3 is 14.1 Å². The van der Waals surface area contributed by atoms with Crippen LogP contribution in [0.15, 0.2) is 93.8 Å². The number of amides is 1. The Bertz CT molecular complexity index is 1620. The summed E-state index contributed by atoms with van der Waals surface area (Å²) in [5, 5.41) is 11.8. The van der Waals surface area contributed by atoms with Gasteiger partial charge in [0, 0.05) is 24.5 Å². The fourth-order valence-corrected chi connectivity index (χ4v) is 5.20. The molecule has 5 aromatic rings. The molecule has 4 aromatic carbocycles. The van der Waals surface area contributed by atoms with E-state index in [-0.39, 0.29) is 12.5 Å². The molecule has 37 heavy (non-hydrogen) atoms. The van der Waals surface area contributed by atoms with Crippen molar-refractivity contribution in [1.29, 1.82) is 5.26 Å². The largest absolute Gasteiger partial charge is 0.478 e. The van der Waals surface area contributed by atoms with E-state index in [4.69, 9.17) is 14.4 Å². The molecule has 0 bridgehead atoms. The van der Waals surface area contributed by atoms with E-state index in [0.29, 0.717) is 18.1 Å². The third-order valence-corrected chi connectivity index (χ3v) is 7.26. The van der Waals surface area contributed by atoms with E-state index in [2.05, 4.69) is 34.1 Å². The maximum absolute atomic E-state index is 13.6. The number of halogens is 1. The highest BCUT2D eigenvalue weighted by Crippen LogP contribution is 2.34. The lowest BCUT2D eigenvalue weighted by Gasteiger charge is -2.17. The zero-order valence-electron chi connectivity index (χ0n) is 20.4. The number of rotatable bonds is 8. The standard InChI is InChI=1S/C31H25BrN2O3/c1-34(20-22-12-14-24-23(19-22)13-16-28(29(24)32)36-18-17-33)31(35)30-26(15-11-21-7-3-2-4-8-21)25-9-5-6-10-27(25)37-30/h2-10,12-14,16,19H,11,15,18,20H2,1H3. The number of benzene rings is 4. The highest BCUT2D eigenvalue weighted by atomic mass is 79.9. The second-order valence-electron chi connectivity index (χ2n) is 8.93. The molecule has 0 aliphatic carbocycles.